The van der Waals surface area contributed by atoms with Crippen molar-refractivity contribution in [2.75, 3.05) is 0 Å². The number of benzene rings is 1. The molecular formula is C24H27N3O2. The van der Waals surface area contributed by atoms with Gasteiger partial charge in [-0.05, 0) is 36.0 Å². The van der Waals surface area contributed by atoms with Crippen LogP contribution in [0.25, 0.3) is 11.1 Å². The average Bonchev–Trinajstić information content (AvgIpc) is 3.20. The summed E-state index contributed by atoms with van der Waals surface area (Å²) >= 11 is 0. The summed E-state index contributed by atoms with van der Waals surface area (Å²) in [4.78, 5) is 23.4. The third-order valence-corrected chi connectivity index (χ3v) is 5.84. The van der Waals surface area contributed by atoms with Crippen LogP contribution in [0.3, 0.4) is 0 Å². The first-order valence-electron chi connectivity index (χ1n) is 10.5. The molecule has 0 atom stereocenters. The first kappa shape index (κ1) is 19.4. The maximum Gasteiger partial charge on any atom is 0.355 e. The Hall–Kier alpha value is -2.95. The van der Waals surface area contributed by atoms with Crippen molar-refractivity contribution < 1.29 is 9.90 Å². The van der Waals surface area contributed by atoms with E-state index in [0.717, 1.165) is 36.6 Å². The van der Waals surface area contributed by atoms with E-state index >= 15 is 0 Å². The SMILES string of the molecule is O=C(O)c1ncccc1-c1ccc(CCc2ncc(CC3CCCCC3)[nH]2)cc1. The molecule has 3 aromatic rings. The summed E-state index contributed by atoms with van der Waals surface area (Å²) in [5, 5.41) is 9.32. The molecule has 0 amide bonds. The van der Waals surface area contributed by atoms with Crippen LogP contribution in [0.2, 0.25) is 0 Å². The van der Waals surface area contributed by atoms with Gasteiger partial charge in [-0.15, -0.1) is 0 Å². The number of carboxylic acid groups (broad SMARTS) is 1. The summed E-state index contributed by atoms with van der Waals surface area (Å²) in [5.41, 5.74) is 4.07. The molecule has 150 valence electrons. The smallest absolute Gasteiger partial charge is 0.355 e. The van der Waals surface area contributed by atoms with Gasteiger partial charge in [0.15, 0.2) is 5.69 Å². The molecule has 0 bridgehead atoms. The Morgan fingerprint density at radius 1 is 1.03 bits per heavy atom. The number of aromatic nitrogens is 3. The van der Waals surface area contributed by atoms with Crippen LogP contribution in [0.4, 0.5) is 0 Å². The molecule has 4 rings (SSSR count). The van der Waals surface area contributed by atoms with Crippen LogP contribution in [-0.2, 0) is 19.3 Å². The summed E-state index contributed by atoms with van der Waals surface area (Å²) < 4.78 is 0. The van der Waals surface area contributed by atoms with Crippen molar-refractivity contribution in [1.29, 1.82) is 0 Å². The highest BCUT2D eigenvalue weighted by Crippen LogP contribution is 2.26. The van der Waals surface area contributed by atoms with Crippen molar-refractivity contribution >= 4 is 5.97 Å². The number of nitrogens with one attached hydrogen (secondary N) is 1. The van der Waals surface area contributed by atoms with Gasteiger partial charge in [-0.3, -0.25) is 0 Å². The lowest BCUT2D eigenvalue weighted by atomic mass is 9.86. The van der Waals surface area contributed by atoms with Crippen molar-refractivity contribution in [3.63, 3.8) is 0 Å². The molecule has 1 fully saturated rings. The van der Waals surface area contributed by atoms with E-state index in [1.807, 2.05) is 18.3 Å². The molecule has 1 aromatic carbocycles. The zero-order valence-electron chi connectivity index (χ0n) is 16.6. The van der Waals surface area contributed by atoms with E-state index < -0.39 is 5.97 Å². The molecule has 5 heteroatoms. The minimum Gasteiger partial charge on any atom is -0.476 e. The lowest BCUT2D eigenvalue weighted by Crippen LogP contribution is -2.09. The van der Waals surface area contributed by atoms with E-state index in [2.05, 4.69) is 27.1 Å². The van der Waals surface area contributed by atoms with Crippen molar-refractivity contribution in [3.05, 3.63) is 71.6 Å². The summed E-state index contributed by atoms with van der Waals surface area (Å²) in [6.45, 7) is 0. The Morgan fingerprint density at radius 3 is 2.59 bits per heavy atom. The van der Waals surface area contributed by atoms with Crippen LogP contribution in [0.5, 0.6) is 0 Å². The Bertz CT molecular complexity index is 956. The number of imidazole rings is 1. The Labute approximate surface area is 171 Å². The van der Waals surface area contributed by atoms with Crippen LogP contribution >= 0.6 is 0 Å². The minimum atomic E-state index is -1.01. The van der Waals surface area contributed by atoms with Gasteiger partial charge in [-0.2, -0.15) is 0 Å². The number of H-pyrrole nitrogens is 1. The highest BCUT2D eigenvalue weighted by molar-refractivity contribution is 5.93. The van der Waals surface area contributed by atoms with Crippen molar-refractivity contribution in [2.45, 2.75) is 51.4 Å². The van der Waals surface area contributed by atoms with Gasteiger partial charge in [0.25, 0.3) is 0 Å². The molecule has 0 aliphatic heterocycles. The van der Waals surface area contributed by atoms with Crippen molar-refractivity contribution in [2.24, 2.45) is 5.92 Å². The average molecular weight is 389 g/mol. The second kappa shape index (κ2) is 9.03. The maximum atomic E-state index is 11.4. The zero-order chi connectivity index (χ0) is 20.1. The van der Waals surface area contributed by atoms with E-state index in [1.165, 1.54) is 49.6 Å². The Kier molecular flexibility index (Phi) is 6.03. The molecule has 0 unspecified atom stereocenters. The van der Waals surface area contributed by atoms with Gasteiger partial charge in [0.05, 0.1) is 0 Å². The van der Waals surface area contributed by atoms with E-state index in [-0.39, 0.29) is 5.69 Å². The van der Waals surface area contributed by atoms with Crippen LogP contribution in [0, 0.1) is 5.92 Å². The summed E-state index contributed by atoms with van der Waals surface area (Å²) in [5.74, 6) is 0.847. The van der Waals surface area contributed by atoms with E-state index in [1.54, 1.807) is 12.1 Å². The molecular weight excluding hydrogens is 362 g/mol. The fraction of sp³-hybridized carbons (Fsp3) is 0.375. The molecule has 2 aromatic heterocycles. The number of hydrogen-bond acceptors (Lipinski definition) is 3. The molecule has 5 nitrogen and oxygen atoms in total. The second-order valence-electron chi connectivity index (χ2n) is 7.96. The number of rotatable bonds is 7. The minimum absolute atomic E-state index is 0.0846. The summed E-state index contributed by atoms with van der Waals surface area (Å²) in [7, 11) is 0. The predicted octanol–water partition coefficient (Wildman–Crippen LogP) is 5.08. The first-order valence-corrected chi connectivity index (χ1v) is 10.5. The molecule has 0 saturated heterocycles. The monoisotopic (exact) mass is 389 g/mol. The highest BCUT2D eigenvalue weighted by Gasteiger charge is 2.15. The van der Waals surface area contributed by atoms with Crippen LogP contribution < -0.4 is 0 Å². The predicted molar refractivity (Wildman–Crippen MR) is 113 cm³/mol. The molecule has 0 radical (unpaired) electrons. The maximum absolute atomic E-state index is 11.4. The number of carbonyl (C=O) groups is 1. The number of aromatic amines is 1. The van der Waals surface area contributed by atoms with Crippen molar-refractivity contribution in [3.8, 4) is 11.1 Å². The second-order valence-corrected chi connectivity index (χ2v) is 7.96. The third-order valence-electron chi connectivity index (χ3n) is 5.84. The van der Waals surface area contributed by atoms with Crippen LogP contribution in [-0.4, -0.2) is 26.0 Å². The van der Waals surface area contributed by atoms with E-state index in [4.69, 9.17) is 0 Å². The highest BCUT2D eigenvalue weighted by atomic mass is 16.4. The number of aryl methyl sites for hydroxylation is 2. The molecule has 1 aliphatic rings. The van der Waals surface area contributed by atoms with Gasteiger partial charge < -0.3 is 10.1 Å². The quantitative estimate of drug-likeness (QED) is 0.591. The van der Waals surface area contributed by atoms with Gasteiger partial charge in [-0.1, -0.05) is 62.4 Å². The molecule has 2 N–H and O–H groups in total. The van der Waals surface area contributed by atoms with Crippen LogP contribution in [0.15, 0.2) is 48.8 Å². The molecule has 1 saturated carbocycles. The Balaban J connectivity index is 1.36. The summed E-state index contributed by atoms with van der Waals surface area (Å²) in [6, 6.07) is 11.6. The number of hydrogen-bond donors (Lipinski definition) is 2. The van der Waals surface area contributed by atoms with E-state index in [9.17, 15) is 9.90 Å². The standard InChI is InChI=1S/C24H27N3O2/c28-24(29)23-21(7-4-14-25-23)19-11-8-17(9-12-19)10-13-22-26-16-20(27-22)15-18-5-2-1-3-6-18/h4,7-9,11-12,14,16,18H,1-3,5-6,10,13,15H2,(H,26,27)(H,28,29). The molecule has 1 aliphatic carbocycles. The fourth-order valence-corrected chi connectivity index (χ4v) is 4.26. The normalized spacial score (nSPS) is 14.8. The largest absolute Gasteiger partial charge is 0.476 e. The van der Waals surface area contributed by atoms with Gasteiger partial charge in [0, 0.05) is 30.1 Å². The van der Waals surface area contributed by atoms with Gasteiger partial charge >= 0.3 is 5.97 Å². The number of carboxylic acids is 1. The van der Waals surface area contributed by atoms with E-state index in [0.29, 0.717) is 5.56 Å². The van der Waals surface area contributed by atoms with Gasteiger partial charge in [-0.25, -0.2) is 14.8 Å². The van der Waals surface area contributed by atoms with Crippen molar-refractivity contribution in [1.82, 2.24) is 15.0 Å². The third kappa shape index (κ3) is 4.91. The summed E-state index contributed by atoms with van der Waals surface area (Å²) in [6.07, 6.45) is 13.2. The lowest BCUT2D eigenvalue weighted by molar-refractivity contribution is 0.0691. The lowest BCUT2D eigenvalue weighted by Gasteiger charge is -2.20. The first-order chi connectivity index (χ1) is 14.2. The number of nitrogens with zero attached hydrogens (tertiary/aromatic N) is 2. The Morgan fingerprint density at radius 2 is 1.83 bits per heavy atom. The molecule has 2 heterocycles. The van der Waals surface area contributed by atoms with Gasteiger partial charge in [0.1, 0.15) is 5.82 Å². The fourth-order valence-electron chi connectivity index (χ4n) is 4.26. The topological polar surface area (TPSA) is 78.9 Å². The van der Waals surface area contributed by atoms with Crippen LogP contribution in [0.1, 0.15) is 59.7 Å². The zero-order valence-corrected chi connectivity index (χ0v) is 16.6. The van der Waals surface area contributed by atoms with Gasteiger partial charge in [0.2, 0.25) is 0 Å². The number of pyridine rings is 1. The number of aromatic carboxylic acids is 1. The molecule has 29 heavy (non-hydrogen) atoms. The molecule has 0 spiro atoms.